The Kier molecular flexibility index (Phi) is 5.10. The molecule has 0 spiro atoms. The van der Waals surface area contributed by atoms with E-state index in [1.807, 2.05) is 22.6 Å². The smallest absolute Gasteiger partial charge is 0.412 e. The molecule has 1 atom stereocenters. The number of ether oxygens (including phenoxy) is 1. The molecule has 1 aliphatic rings. The zero-order chi connectivity index (χ0) is 19.9. The molecule has 2 aromatic carbocycles. The number of esters is 1. The van der Waals surface area contributed by atoms with E-state index < -0.39 is 52.6 Å². The first-order chi connectivity index (χ1) is 12.6. The van der Waals surface area contributed by atoms with Gasteiger partial charge in [-0.3, -0.25) is 0 Å². The second kappa shape index (κ2) is 7.06. The van der Waals surface area contributed by atoms with Gasteiger partial charge in [-0.25, -0.2) is 18.0 Å². The minimum atomic E-state index is -4.89. The summed E-state index contributed by atoms with van der Waals surface area (Å²) in [6.45, 7) is 0. The Morgan fingerprint density at radius 3 is 2.30 bits per heavy atom. The van der Waals surface area contributed by atoms with Crippen LogP contribution in [0.25, 0.3) is 5.76 Å². The highest BCUT2D eigenvalue weighted by molar-refractivity contribution is 14.1. The molecule has 0 aliphatic carbocycles. The molecule has 142 valence electrons. The van der Waals surface area contributed by atoms with Crippen LogP contribution < -0.4 is 5.32 Å². The molecule has 0 radical (unpaired) electrons. The van der Waals surface area contributed by atoms with Crippen molar-refractivity contribution in [1.82, 2.24) is 0 Å². The van der Waals surface area contributed by atoms with Gasteiger partial charge in [-0.1, -0.05) is 0 Å². The van der Waals surface area contributed by atoms with Gasteiger partial charge >= 0.3 is 12.1 Å². The second-order valence-electron chi connectivity index (χ2n) is 5.50. The van der Waals surface area contributed by atoms with Gasteiger partial charge in [0, 0.05) is 9.64 Å². The lowest BCUT2D eigenvalue weighted by Crippen LogP contribution is -2.37. The third-order valence-electron chi connectivity index (χ3n) is 3.67. The number of rotatable bonds is 2. The highest BCUT2D eigenvalue weighted by atomic mass is 127. The topological polar surface area (TPSA) is 38.3 Å². The van der Waals surface area contributed by atoms with Crippen LogP contribution in [0.1, 0.15) is 15.9 Å². The van der Waals surface area contributed by atoms with Crippen LogP contribution >= 0.6 is 22.6 Å². The number of carbonyl (C=O) groups excluding carboxylic acids is 1. The van der Waals surface area contributed by atoms with Crippen LogP contribution in [0.15, 0.2) is 36.4 Å². The van der Waals surface area contributed by atoms with Gasteiger partial charge in [-0.2, -0.15) is 13.2 Å². The van der Waals surface area contributed by atoms with Crippen molar-refractivity contribution in [3.8, 4) is 0 Å². The van der Waals surface area contributed by atoms with Crippen LogP contribution in [0, 0.1) is 21.0 Å². The maximum Gasteiger partial charge on any atom is 0.412 e. The Morgan fingerprint density at radius 1 is 1.07 bits per heavy atom. The molecule has 27 heavy (non-hydrogen) atoms. The standard InChI is InChI=1S/C17H8F6INO2/c18-9-5-10(19)15-13(14(9)20)11(6-12(25-15)17(21,22)23)27-16(26)7-1-3-8(24)4-2-7/h1-6,12,25H. The third kappa shape index (κ3) is 3.89. The first-order valence-electron chi connectivity index (χ1n) is 7.28. The summed E-state index contributed by atoms with van der Waals surface area (Å²) in [6.07, 6.45) is -4.54. The lowest BCUT2D eigenvalue weighted by atomic mass is 10.0. The van der Waals surface area contributed by atoms with Gasteiger partial charge in [-0.05, 0) is 52.9 Å². The highest BCUT2D eigenvalue weighted by Crippen LogP contribution is 2.39. The van der Waals surface area contributed by atoms with Gasteiger partial charge in [0.25, 0.3) is 0 Å². The monoisotopic (exact) mass is 499 g/mol. The van der Waals surface area contributed by atoms with Crippen molar-refractivity contribution in [1.29, 1.82) is 0 Å². The molecule has 0 saturated heterocycles. The fraction of sp³-hybridized carbons (Fsp3) is 0.118. The minimum Gasteiger partial charge on any atom is -0.422 e. The van der Waals surface area contributed by atoms with E-state index in [2.05, 4.69) is 0 Å². The quantitative estimate of drug-likeness (QED) is 0.265. The molecule has 10 heteroatoms. The fourth-order valence-corrected chi connectivity index (χ4v) is 2.77. The lowest BCUT2D eigenvalue weighted by Gasteiger charge is -2.28. The van der Waals surface area contributed by atoms with Crippen LogP contribution in [0.5, 0.6) is 0 Å². The van der Waals surface area contributed by atoms with Gasteiger partial charge in [0.2, 0.25) is 0 Å². The molecule has 0 aromatic heterocycles. The molecule has 1 N–H and O–H groups in total. The molecule has 1 aliphatic heterocycles. The van der Waals surface area contributed by atoms with E-state index in [-0.39, 0.29) is 11.6 Å². The molecular weight excluding hydrogens is 491 g/mol. The Balaban J connectivity index is 2.07. The maximum atomic E-state index is 14.1. The molecule has 1 unspecified atom stereocenters. The summed E-state index contributed by atoms with van der Waals surface area (Å²) in [7, 11) is 0. The average Bonchev–Trinajstić information content (AvgIpc) is 2.59. The van der Waals surface area contributed by atoms with E-state index in [4.69, 9.17) is 4.74 Å². The Hall–Kier alpha value is -2.24. The highest BCUT2D eigenvalue weighted by Gasteiger charge is 2.43. The summed E-state index contributed by atoms with van der Waals surface area (Å²) >= 11 is 1.97. The summed E-state index contributed by atoms with van der Waals surface area (Å²) in [6, 6.07) is 3.43. The van der Waals surface area contributed by atoms with Gasteiger partial charge in [0.15, 0.2) is 11.6 Å². The fourth-order valence-electron chi connectivity index (χ4n) is 2.41. The van der Waals surface area contributed by atoms with Crippen LogP contribution in [-0.4, -0.2) is 18.2 Å². The number of carbonyl (C=O) groups is 1. The number of hydrogen-bond acceptors (Lipinski definition) is 3. The summed E-state index contributed by atoms with van der Waals surface area (Å²) in [5.74, 6) is -6.74. The lowest BCUT2D eigenvalue weighted by molar-refractivity contribution is -0.132. The molecule has 2 aromatic rings. The van der Waals surface area contributed by atoms with E-state index in [9.17, 15) is 31.1 Å². The molecule has 3 rings (SSSR count). The predicted molar refractivity (Wildman–Crippen MR) is 92.3 cm³/mol. The number of halogens is 7. The number of alkyl halides is 3. The number of anilines is 1. The van der Waals surface area contributed by atoms with Crippen molar-refractivity contribution >= 4 is 40.0 Å². The van der Waals surface area contributed by atoms with Crippen LogP contribution in [0.2, 0.25) is 0 Å². The van der Waals surface area contributed by atoms with Crippen LogP contribution in [0.3, 0.4) is 0 Å². The predicted octanol–water partition coefficient (Wildman–Crippen LogP) is 5.26. The summed E-state index contributed by atoms with van der Waals surface area (Å²) in [4.78, 5) is 12.2. The SMILES string of the molecule is O=C(OC1=CC(C(F)(F)F)Nc2c(F)cc(F)c(F)c21)c1ccc(I)cc1. The maximum absolute atomic E-state index is 14.1. The second-order valence-corrected chi connectivity index (χ2v) is 6.74. The summed E-state index contributed by atoms with van der Waals surface area (Å²) in [5, 5.41) is 1.75. The van der Waals surface area contributed by atoms with Crippen molar-refractivity contribution in [2.45, 2.75) is 12.2 Å². The Labute approximate surface area is 162 Å². The molecule has 0 saturated carbocycles. The molecule has 3 nitrogen and oxygen atoms in total. The molecule has 1 heterocycles. The summed E-state index contributed by atoms with van der Waals surface area (Å²) in [5.41, 5.74) is -1.90. The van der Waals surface area contributed by atoms with E-state index in [0.29, 0.717) is 6.08 Å². The Morgan fingerprint density at radius 2 is 1.70 bits per heavy atom. The zero-order valence-corrected chi connectivity index (χ0v) is 15.2. The molecular formula is C17H8F6INO2. The largest absolute Gasteiger partial charge is 0.422 e. The van der Waals surface area contributed by atoms with E-state index in [1.54, 1.807) is 17.4 Å². The van der Waals surface area contributed by atoms with Crippen molar-refractivity contribution in [3.63, 3.8) is 0 Å². The zero-order valence-electron chi connectivity index (χ0n) is 13.0. The molecule has 0 bridgehead atoms. The Bertz CT molecular complexity index is 940. The van der Waals surface area contributed by atoms with Gasteiger partial charge < -0.3 is 10.1 Å². The molecule has 0 amide bonds. The minimum absolute atomic E-state index is 0.0303. The van der Waals surface area contributed by atoms with Gasteiger partial charge in [-0.15, -0.1) is 0 Å². The number of hydrogen-bond donors (Lipinski definition) is 1. The normalized spacial score (nSPS) is 16.3. The van der Waals surface area contributed by atoms with E-state index >= 15 is 0 Å². The van der Waals surface area contributed by atoms with Crippen LogP contribution in [0.4, 0.5) is 32.0 Å². The first-order valence-corrected chi connectivity index (χ1v) is 8.36. The van der Waals surface area contributed by atoms with Crippen molar-refractivity contribution in [2.75, 3.05) is 5.32 Å². The molecule has 0 fully saturated rings. The van der Waals surface area contributed by atoms with Gasteiger partial charge in [0.05, 0.1) is 16.8 Å². The third-order valence-corrected chi connectivity index (χ3v) is 4.39. The van der Waals surface area contributed by atoms with Gasteiger partial charge in [0.1, 0.15) is 17.6 Å². The van der Waals surface area contributed by atoms with Crippen LogP contribution in [-0.2, 0) is 4.74 Å². The number of benzene rings is 2. The van der Waals surface area contributed by atoms with E-state index in [0.717, 1.165) is 3.57 Å². The van der Waals surface area contributed by atoms with E-state index in [1.165, 1.54) is 12.1 Å². The van der Waals surface area contributed by atoms with Crippen molar-refractivity contribution in [3.05, 3.63) is 68.6 Å². The average molecular weight is 499 g/mol. The summed E-state index contributed by atoms with van der Waals surface area (Å²) < 4.78 is 86.5. The first kappa shape index (κ1) is 19.5. The van der Waals surface area contributed by atoms with Crippen molar-refractivity contribution in [2.24, 2.45) is 0 Å². The number of nitrogens with one attached hydrogen (secondary N) is 1. The number of fused-ring (bicyclic) bond motifs is 1. The van der Waals surface area contributed by atoms with Crippen molar-refractivity contribution < 1.29 is 35.9 Å².